The normalized spacial score (nSPS) is 15.0. The van der Waals surface area contributed by atoms with Crippen LogP contribution in [-0.4, -0.2) is 51.7 Å². The average Bonchev–Trinajstić information content (AvgIpc) is 3.29. The Hall–Kier alpha value is -3.16. The molecule has 0 bridgehead atoms. The van der Waals surface area contributed by atoms with E-state index in [4.69, 9.17) is 4.52 Å². The predicted molar refractivity (Wildman–Crippen MR) is 107 cm³/mol. The monoisotopic (exact) mass is 395 g/mol. The summed E-state index contributed by atoms with van der Waals surface area (Å²) in [6, 6.07) is 7.80. The molecule has 1 aliphatic heterocycles. The van der Waals surface area contributed by atoms with Crippen LogP contribution in [0.1, 0.15) is 40.3 Å². The first-order chi connectivity index (χ1) is 14.0. The van der Waals surface area contributed by atoms with Gasteiger partial charge in [0.2, 0.25) is 5.91 Å². The standard InChI is InChI=1S/C21H25N5O3/c1-13-20(14(2)29-25-13)21(28)22-12-15-7-9-26(10-8-15)19(27)11-18-16-5-3-4-6-17(16)23-24-18/h3-6,15H,7-12H2,1-2H3,(H,22,28)(H,23,24). The van der Waals surface area contributed by atoms with Gasteiger partial charge in [0.1, 0.15) is 11.3 Å². The van der Waals surface area contributed by atoms with Crippen LogP contribution in [0, 0.1) is 19.8 Å². The van der Waals surface area contributed by atoms with Crippen molar-refractivity contribution in [2.24, 2.45) is 5.92 Å². The third-order valence-corrected chi connectivity index (χ3v) is 5.65. The van der Waals surface area contributed by atoms with Crippen molar-refractivity contribution in [3.05, 3.63) is 47.0 Å². The Morgan fingerprint density at radius 1 is 1.24 bits per heavy atom. The molecular formula is C21H25N5O3. The molecule has 8 nitrogen and oxygen atoms in total. The van der Waals surface area contributed by atoms with Gasteiger partial charge in [0.15, 0.2) is 0 Å². The number of hydrogen-bond acceptors (Lipinski definition) is 5. The van der Waals surface area contributed by atoms with E-state index < -0.39 is 0 Å². The highest BCUT2D eigenvalue weighted by molar-refractivity contribution is 5.96. The molecule has 3 heterocycles. The van der Waals surface area contributed by atoms with E-state index in [2.05, 4.69) is 20.7 Å². The highest BCUT2D eigenvalue weighted by Crippen LogP contribution is 2.20. The van der Waals surface area contributed by atoms with Crippen LogP contribution in [0.15, 0.2) is 28.8 Å². The molecule has 1 aliphatic rings. The third-order valence-electron chi connectivity index (χ3n) is 5.65. The number of nitrogens with zero attached hydrogens (tertiary/aromatic N) is 3. The number of piperidine rings is 1. The average molecular weight is 395 g/mol. The summed E-state index contributed by atoms with van der Waals surface area (Å²) in [6.45, 7) is 5.50. The molecule has 2 N–H and O–H groups in total. The van der Waals surface area contributed by atoms with Crippen LogP contribution in [0.3, 0.4) is 0 Å². The number of nitrogens with one attached hydrogen (secondary N) is 2. The number of carbonyl (C=O) groups is 2. The van der Waals surface area contributed by atoms with Gasteiger partial charge in [-0.3, -0.25) is 14.7 Å². The maximum atomic E-state index is 12.7. The number of fused-ring (bicyclic) bond motifs is 1. The van der Waals surface area contributed by atoms with Gasteiger partial charge in [0.05, 0.1) is 23.3 Å². The number of amides is 2. The van der Waals surface area contributed by atoms with Crippen LogP contribution in [-0.2, 0) is 11.2 Å². The third kappa shape index (κ3) is 4.01. The van der Waals surface area contributed by atoms with Gasteiger partial charge in [-0.15, -0.1) is 0 Å². The molecule has 8 heteroatoms. The molecule has 2 aromatic heterocycles. The van der Waals surface area contributed by atoms with E-state index in [-0.39, 0.29) is 11.8 Å². The van der Waals surface area contributed by atoms with E-state index in [1.165, 1.54) is 0 Å². The zero-order valence-corrected chi connectivity index (χ0v) is 16.7. The molecule has 0 atom stereocenters. The maximum Gasteiger partial charge on any atom is 0.256 e. The summed E-state index contributed by atoms with van der Waals surface area (Å²) in [5, 5.41) is 15.0. The zero-order valence-electron chi connectivity index (χ0n) is 16.7. The molecule has 2 amide bonds. The fraction of sp³-hybridized carbons (Fsp3) is 0.429. The number of aryl methyl sites for hydroxylation is 2. The molecule has 0 aliphatic carbocycles. The number of rotatable bonds is 5. The summed E-state index contributed by atoms with van der Waals surface area (Å²) in [6.07, 6.45) is 2.07. The van der Waals surface area contributed by atoms with Crippen LogP contribution < -0.4 is 5.32 Å². The minimum absolute atomic E-state index is 0.109. The van der Waals surface area contributed by atoms with E-state index in [1.807, 2.05) is 29.2 Å². The van der Waals surface area contributed by atoms with Gasteiger partial charge in [-0.05, 0) is 38.7 Å². The Morgan fingerprint density at radius 2 is 2.00 bits per heavy atom. The molecule has 1 saturated heterocycles. The van der Waals surface area contributed by atoms with Crippen molar-refractivity contribution in [2.75, 3.05) is 19.6 Å². The summed E-state index contributed by atoms with van der Waals surface area (Å²) in [4.78, 5) is 27.0. The Balaban J connectivity index is 1.27. The van der Waals surface area contributed by atoms with Crippen LogP contribution >= 0.6 is 0 Å². The van der Waals surface area contributed by atoms with Gasteiger partial charge in [0.25, 0.3) is 5.91 Å². The van der Waals surface area contributed by atoms with Crippen LogP contribution in [0.25, 0.3) is 10.9 Å². The van der Waals surface area contributed by atoms with Gasteiger partial charge in [-0.1, -0.05) is 23.4 Å². The first-order valence-electron chi connectivity index (χ1n) is 9.93. The fourth-order valence-electron chi connectivity index (χ4n) is 3.93. The number of hydrogen-bond donors (Lipinski definition) is 2. The van der Waals surface area contributed by atoms with E-state index in [9.17, 15) is 9.59 Å². The number of aromatic amines is 1. The Bertz CT molecular complexity index is 1010. The number of aromatic nitrogens is 3. The lowest BCUT2D eigenvalue weighted by Crippen LogP contribution is -2.42. The summed E-state index contributed by atoms with van der Waals surface area (Å²) in [5.74, 6) is 0.853. The molecule has 0 saturated carbocycles. The Kier molecular flexibility index (Phi) is 5.33. The largest absolute Gasteiger partial charge is 0.361 e. The number of H-pyrrole nitrogens is 1. The lowest BCUT2D eigenvalue weighted by molar-refractivity contribution is -0.131. The lowest BCUT2D eigenvalue weighted by atomic mass is 9.96. The molecule has 4 rings (SSSR count). The van der Waals surface area contributed by atoms with Crippen molar-refractivity contribution in [3.8, 4) is 0 Å². The van der Waals surface area contributed by atoms with Crippen molar-refractivity contribution in [1.82, 2.24) is 25.6 Å². The molecule has 0 unspecified atom stereocenters. The first-order valence-corrected chi connectivity index (χ1v) is 9.93. The molecule has 0 spiro atoms. The van der Waals surface area contributed by atoms with Gasteiger partial charge < -0.3 is 14.7 Å². The highest BCUT2D eigenvalue weighted by Gasteiger charge is 2.25. The Labute approximate surface area is 168 Å². The van der Waals surface area contributed by atoms with Gasteiger partial charge in [0, 0.05) is 25.0 Å². The molecule has 0 radical (unpaired) electrons. The summed E-state index contributed by atoms with van der Waals surface area (Å²) in [5.41, 5.74) is 2.86. The van der Waals surface area contributed by atoms with E-state index >= 15 is 0 Å². The van der Waals surface area contributed by atoms with Crippen LogP contribution in [0.5, 0.6) is 0 Å². The molecule has 1 fully saturated rings. The molecule has 29 heavy (non-hydrogen) atoms. The Morgan fingerprint density at radius 3 is 2.72 bits per heavy atom. The number of carbonyl (C=O) groups excluding carboxylic acids is 2. The maximum absolute atomic E-state index is 12.7. The molecule has 152 valence electrons. The van der Waals surface area contributed by atoms with Crippen molar-refractivity contribution >= 4 is 22.7 Å². The van der Waals surface area contributed by atoms with Crippen molar-refractivity contribution in [3.63, 3.8) is 0 Å². The van der Waals surface area contributed by atoms with Crippen LogP contribution in [0.2, 0.25) is 0 Å². The summed E-state index contributed by atoms with van der Waals surface area (Å²) >= 11 is 0. The number of para-hydroxylation sites is 1. The molecule has 3 aromatic rings. The lowest BCUT2D eigenvalue weighted by Gasteiger charge is -2.32. The van der Waals surface area contributed by atoms with Gasteiger partial charge in [-0.25, -0.2) is 0 Å². The minimum Gasteiger partial charge on any atom is -0.361 e. The SMILES string of the molecule is Cc1noc(C)c1C(=O)NCC1CCN(C(=O)Cc2[nH]nc3ccccc23)CC1. The second-order valence-electron chi connectivity index (χ2n) is 7.63. The topological polar surface area (TPSA) is 104 Å². The molecular weight excluding hydrogens is 370 g/mol. The molecule has 1 aromatic carbocycles. The fourth-order valence-corrected chi connectivity index (χ4v) is 3.93. The van der Waals surface area contributed by atoms with Crippen molar-refractivity contribution < 1.29 is 14.1 Å². The number of likely N-dealkylation sites (tertiary alicyclic amines) is 1. The number of benzene rings is 1. The van der Waals surface area contributed by atoms with Crippen LogP contribution in [0.4, 0.5) is 0 Å². The minimum atomic E-state index is -0.147. The van der Waals surface area contributed by atoms with Gasteiger partial charge in [-0.2, -0.15) is 5.10 Å². The van der Waals surface area contributed by atoms with Crippen molar-refractivity contribution in [2.45, 2.75) is 33.1 Å². The predicted octanol–water partition coefficient (Wildman–Crippen LogP) is 2.38. The van der Waals surface area contributed by atoms with E-state index in [1.54, 1.807) is 13.8 Å². The van der Waals surface area contributed by atoms with E-state index in [0.717, 1.165) is 29.4 Å². The summed E-state index contributed by atoms with van der Waals surface area (Å²) < 4.78 is 5.06. The first kappa shape index (κ1) is 19.2. The highest BCUT2D eigenvalue weighted by atomic mass is 16.5. The smallest absolute Gasteiger partial charge is 0.256 e. The van der Waals surface area contributed by atoms with Gasteiger partial charge >= 0.3 is 0 Å². The second-order valence-corrected chi connectivity index (χ2v) is 7.63. The van der Waals surface area contributed by atoms with E-state index in [0.29, 0.717) is 49.0 Å². The zero-order chi connectivity index (χ0) is 20.4. The quantitative estimate of drug-likeness (QED) is 0.690. The second kappa shape index (κ2) is 8.06. The van der Waals surface area contributed by atoms with Crippen molar-refractivity contribution in [1.29, 1.82) is 0 Å². The summed E-state index contributed by atoms with van der Waals surface area (Å²) in [7, 11) is 0.